The van der Waals surface area contributed by atoms with Crippen LogP contribution < -0.4 is 10.2 Å². The van der Waals surface area contributed by atoms with Gasteiger partial charge in [0, 0.05) is 31.2 Å². The summed E-state index contributed by atoms with van der Waals surface area (Å²) in [5.41, 5.74) is 1.76. The summed E-state index contributed by atoms with van der Waals surface area (Å²) < 4.78 is 1.64. The highest BCUT2D eigenvalue weighted by molar-refractivity contribution is 5.79. The molecule has 0 spiro atoms. The highest BCUT2D eigenvalue weighted by Gasteiger charge is 2.17. The Hall–Kier alpha value is -2.44. The maximum Gasteiger partial charge on any atom is 0.244 e. The average molecular weight is 314 g/mol. The van der Waals surface area contributed by atoms with Crippen molar-refractivity contribution in [2.45, 2.75) is 39.3 Å². The number of rotatable bonds is 5. The molecule has 3 rings (SSSR count). The highest BCUT2D eigenvalue weighted by Crippen LogP contribution is 2.16. The second kappa shape index (κ2) is 6.76. The van der Waals surface area contributed by atoms with Gasteiger partial charge in [0.2, 0.25) is 11.9 Å². The van der Waals surface area contributed by atoms with Gasteiger partial charge in [-0.25, -0.2) is 9.97 Å². The second-order valence-corrected chi connectivity index (χ2v) is 5.87. The number of aryl methyl sites for hydroxylation is 1. The van der Waals surface area contributed by atoms with Crippen LogP contribution in [0.2, 0.25) is 0 Å². The lowest BCUT2D eigenvalue weighted by molar-refractivity contribution is -0.124. The number of amides is 1. The first-order chi connectivity index (χ1) is 11.1. The van der Waals surface area contributed by atoms with Crippen molar-refractivity contribution in [1.29, 1.82) is 0 Å². The first kappa shape index (κ1) is 15.5. The van der Waals surface area contributed by atoms with Gasteiger partial charge >= 0.3 is 0 Å². The van der Waals surface area contributed by atoms with Gasteiger partial charge in [0.15, 0.2) is 0 Å². The van der Waals surface area contributed by atoms with E-state index in [0.717, 1.165) is 30.4 Å². The van der Waals surface area contributed by atoms with E-state index in [-0.39, 0.29) is 11.9 Å². The number of anilines is 1. The smallest absolute Gasteiger partial charge is 0.244 e. The van der Waals surface area contributed by atoms with Gasteiger partial charge < -0.3 is 10.2 Å². The Bertz CT molecular complexity index is 663. The molecule has 0 radical (unpaired) electrons. The van der Waals surface area contributed by atoms with Crippen molar-refractivity contribution in [2.24, 2.45) is 0 Å². The summed E-state index contributed by atoms with van der Waals surface area (Å²) in [4.78, 5) is 23.5. The molecule has 1 aliphatic heterocycles. The molecule has 3 heterocycles. The lowest BCUT2D eigenvalue weighted by Crippen LogP contribution is -2.31. The predicted octanol–water partition coefficient (Wildman–Crippen LogP) is 1.46. The minimum Gasteiger partial charge on any atom is -0.349 e. The van der Waals surface area contributed by atoms with E-state index in [1.807, 2.05) is 19.9 Å². The number of carbonyl (C=O) groups is 1. The summed E-state index contributed by atoms with van der Waals surface area (Å²) >= 11 is 0. The van der Waals surface area contributed by atoms with Crippen LogP contribution in [0.25, 0.3) is 0 Å². The fraction of sp³-hybridized carbons (Fsp3) is 0.500. The van der Waals surface area contributed by atoms with Crippen LogP contribution in [-0.4, -0.2) is 38.7 Å². The Morgan fingerprint density at radius 3 is 2.83 bits per heavy atom. The van der Waals surface area contributed by atoms with E-state index in [2.05, 4.69) is 25.3 Å². The van der Waals surface area contributed by atoms with Crippen molar-refractivity contribution in [3.05, 3.63) is 35.9 Å². The van der Waals surface area contributed by atoms with Gasteiger partial charge in [-0.3, -0.25) is 9.48 Å². The molecule has 2 aromatic rings. The Morgan fingerprint density at radius 1 is 1.35 bits per heavy atom. The molecule has 0 aliphatic carbocycles. The summed E-state index contributed by atoms with van der Waals surface area (Å²) in [6, 6.07) is 3.38. The molecule has 23 heavy (non-hydrogen) atoms. The van der Waals surface area contributed by atoms with Crippen molar-refractivity contribution in [3.63, 3.8) is 0 Å². The van der Waals surface area contributed by atoms with Crippen LogP contribution in [0.3, 0.4) is 0 Å². The molecule has 2 aromatic heterocycles. The van der Waals surface area contributed by atoms with Gasteiger partial charge in [-0.15, -0.1) is 0 Å². The molecule has 1 atom stereocenters. The molecule has 7 nitrogen and oxygen atoms in total. The van der Waals surface area contributed by atoms with E-state index < -0.39 is 0 Å². The van der Waals surface area contributed by atoms with E-state index in [1.54, 1.807) is 23.1 Å². The monoisotopic (exact) mass is 314 g/mol. The standard InChI is InChI=1S/C16H22N6O/c1-12-10-14(20-16(19-12)21-7-3-4-8-21)11-17-15(23)13(2)22-9-5-6-18-22/h5-6,9-10,13H,3-4,7-8,11H2,1-2H3,(H,17,23). The number of aromatic nitrogens is 4. The number of nitrogens with zero attached hydrogens (tertiary/aromatic N) is 5. The lowest BCUT2D eigenvalue weighted by Gasteiger charge is -2.17. The summed E-state index contributed by atoms with van der Waals surface area (Å²) in [6.45, 7) is 6.19. The molecule has 1 unspecified atom stereocenters. The fourth-order valence-corrected chi connectivity index (χ4v) is 2.72. The number of nitrogens with one attached hydrogen (secondary N) is 1. The van der Waals surface area contributed by atoms with Crippen molar-refractivity contribution < 1.29 is 4.79 Å². The number of hydrogen-bond donors (Lipinski definition) is 1. The van der Waals surface area contributed by atoms with Gasteiger partial charge in [-0.2, -0.15) is 5.10 Å². The highest BCUT2D eigenvalue weighted by atomic mass is 16.2. The Kier molecular flexibility index (Phi) is 4.55. The third-order valence-corrected chi connectivity index (χ3v) is 4.03. The number of hydrogen-bond acceptors (Lipinski definition) is 5. The molecule has 1 fully saturated rings. The second-order valence-electron chi connectivity index (χ2n) is 5.87. The summed E-state index contributed by atoms with van der Waals surface area (Å²) in [7, 11) is 0. The largest absolute Gasteiger partial charge is 0.349 e. The predicted molar refractivity (Wildman–Crippen MR) is 87.0 cm³/mol. The van der Waals surface area contributed by atoms with E-state index in [1.165, 1.54) is 12.8 Å². The molecule has 1 amide bonds. The van der Waals surface area contributed by atoms with E-state index in [4.69, 9.17) is 0 Å². The molecule has 0 saturated carbocycles. The summed E-state index contributed by atoms with van der Waals surface area (Å²) in [5.74, 6) is 0.694. The van der Waals surface area contributed by atoms with Crippen molar-refractivity contribution in [3.8, 4) is 0 Å². The van der Waals surface area contributed by atoms with Gasteiger partial charge in [0.1, 0.15) is 6.04 Å². The number of carbonyl (C=O) groups excluding carboxylic acids is 1. The lowest BCUT2D eigenvalue weighted by atomic mass is 10.3. The first-order valence-electron chi connectivity index (χ1n) is 8.00. The zero-order valence-electron chi connectivity index (χ0n) is 13.6. The van der Waals surface area contributed by atoms with E-state index >= 15 is 0 Å². The Morgan fingerprint density at radius 2 is 2.13 bits per heavy atom. The maximum absolute atomic E-state index is 12.2. The van der Waals surface area contributed by atoms with Gasteiger partial charge in [0.05, 0.1) is 12.2 Å². The molecule has 1 saturated heterocycles. The van der Waals surface area contributed by atoms with Gasteiger partial charge in [-0.1, -0.05) is 0 Å². The third kappa shape index (κ3) is 3.67. The maximum atomic E-state index is 12.2. The summed E-state index contributed by atoms with van der Waals surface area (Å²) in [5, 5.41) is 7.02. The normalized spacial score (nSPS) is 15.7. The fourth-order valence-electron chi connectivity index (χ4n) is 2.72. The topological polar surface area (TPSA) is 75.9 Å². The minimum absolute atomic E-state index is 0.0762. The Balaban J connectivity index is 1.64. The van der Waals surface area contributed by atoms with Gasteiger partial charge in [-0.05, 0) is 38.8 Å². The van der Waals surface area contributed by atoms with E-state index in [0.29, 0.717) is 6.54 Å². The zero-order valence-corrected chi connectivity index (χ0v) is 13.6. The SMILES string of the molecule is Cc1cc(CNC(=O)C(C)n2cccn2)nc(N2CCCC2)n1. The zero-order chi connectivity index (χ0) is 16.2. The van der Waals surface area contributed by atoms with E-state index in [9.17, 15) is 4.79 Å². The van der Waals surface area contributed by atoms with Crippen molar-refractivity contribution in [2.75, 3.05) is 18.0 Å². The van der Waals surface area contributed by atoms with Crippen LogP contribution in [-0.2, 0) is 11.3 Å². The van der Waals surface area contributed by atoms with Crippen LogP contribution >= 0.6 is 0 Å². The Labute approximate surface area is 135 Å². The van der Waals surface area contributed by atoms with Crippen LogP contribution in [0.15, 0.2) is 24.5 Å². The molecule has 122 valence electrons. The molecule has 7 heteroatoms. The van der Waals surface area contributed by atoms with Crippen LogP contribution in [0.4, 0.5) is 5.95 Å². The molecule has 1 aliphatic rings. The van der Waals surface area contributed by atoms with Crippen molar-refractivity contribution in [1.82, 2.24) is 25.1 Å². The quantitative estimate of drug-likeness (QED) is 0.904. The first-order valence-corrected chi connectivity index (χ1v) is 8.00. The van der Waals surface area contributed by atoms with Gasteiger partial charge in [0.25, 0.3) is 0 Å². The molecule has 0 bridgehead atoms. The molecular weight excluding hydrogens is 292 g/mol. The van der Waals surface area contributed by atoms with Crippen LogP contribution in [0.1, 0.15) is 37.2 Å². The molecule has 1 N–H and O–H groups in total. The molecular formula is C16H22N6O. The average Bonchev–Trinajstić information content (AvgIpc) is 3.23. The summed E-state index contributed by atoms with van der Waals surface area (Å²) in [6.07, 6.45) is 5.82. The van der Waals surface area contributed by atoms with Crippen LogP contribution in [0, 0.1) is 6.92 Å². The third-order valence-electron chi connectivity index (χ3n) is 4.03. The minimum atomic E-state index is -0.342. The molecule has 0 aromatic carbocycles. The van der Waals surface area contributed by atoms with Crippen molar-refractivity contribution >= 4 is 11.9 Å². The van der Waals surface area contributed by atoms with Crippen LogP contribution in [0.5, 0.6) is 0 Å².